The summed E-state index contributed by atoms with van der Waals surface area (Å²) in [4.78, 5) is 145. The lowest BCUT2D eigenvalue weighted by Crippen LogP contribution is -2.57. The molecule has 14 heterocycles. The van der Waals surface area contributed by atoms with E-state index in [0.29, 0.717) is 41.0 Å². The topological polar surface area (TPSA) is 445 Å². The van der Waals surface area contributed by atoms with Gasteiger partial charge >= 0.3 is 35.5 Å². The number of rotatable bonds is 12. The van der Waals surface area contributed by atoms with Gasteiger partial charge in [-0.15, -0.1) is 0 Å². The number of benzene rings is 1. The molecule has 5 atom stereocenters. The van der Waals surface area contributed by atoms with Crippen molar-refractivity contribution in [2.75, 3.05) is 135 Å². The van der Waals surface area contributed by atoms with Crippen molar-refractivity contribution in [2.24, 2.45) is 0 Å². The molecule has 540 valence electrons. The molecule has 0 unspecified atom stereocenters. The number of hydrogen-bond donors (Lipinski definition) is 5. The van der Waals surface area contributed by atoms with Crippen LogP contribution in [0, 0.1) is 38.5 Å². The van der Waals surface area contributed by atoms with E-state index in [1.807, 2.05) is 40.3 Å². The van der Waals surface area contributed by atoms with Gasteiger partial charge < -0.3 is 74.6 Å². The van der Waals surface area contributed by atoms with Gasteiger partial charge in [-0.25, -0.2) is 39.1 Å². The van der Waals surface area contributed by atoms with Crippen LogP contribution in [0.25, 0.3) is 0 Å². The lowest BCUT2D eigenvalue weighted by atomic mass is 9.99. The van der Waals surface area contributed by atoms with Gasteiger partial charge in [-0.1, -0.05) is 0 Å². The van der Waals surface area contributed by atoms with E-state index < -0.39 is 39.8 Å². The third-order valence-corrected chi connectivity index (χ3v) is 18.2. The van der Waals surface area contributed by atoms with Gasteiger partial charge in [-0.05, 0) is 99.2 Å². The zero-order valence-corrected chi connectivity index (χ0v) is 56.9. The number of aryl methyl sites for hydroxylation is 1. The van der Waals surface area contributed by atoms with E-state index in [0.717, 1.165) is 125 Å². The number of aliphatic hydroxyl groups is 1. The third-order valence-electron chi connectivity index (χ3n) is 18.2. The van der Waals surface area contributed by atoms with E-state index in [-0.39, 0.29) is 88.5 Å². The number of amides is 3. The number of pyridine rings is 5. The zero-order valence-electron chi connectivity index (χ0n) is 56.9. The first-order valence-corrected chi connectivity index (χ1v) is 32.6. The summed E-state index contributed by atoms with van der Waals surface area (Å²) in [6.07, 6.45) is 11.6. The van der Waals surface area contributed by atoms with Gasteiger partial charge in [-0.3, -0.25) is 49.3 Å². The first kappa shape index (κ1) is 73.6. The Labute approximate surface area is 588 Å². The second-order valence-corrected chi connectivity index (χ2v) is 24.3. The summed E-state index contributed by atoms with van der Waals surface area (Å²) in [5.74, 6) is 0.153. The fourth-order valence-electron chi connectivity index (χ4n) is 12.0. The number of piperazine rings is 1. The van der Waals surface area contributed by atoms with Crippen LogP contribution in [-0.4, -0.2) is 217 Å². The number of carbonyl (C=O) groups excluding carboxylic acids is 8. The highest BCUT2D eigenvalue weighted by Crippen LogP contribution is 2.40. The van der Waals surface area contributed by atoms with Crippen molar-refractivity contribution in [1.82, 2.24) is 35.1 Å². The Bertz CT molecular complexity index is 4300. The highest BCUT2D eigenvalue weighted by molar-refractivity contribution is 6.06. The van der Waals surface area contributed by atoms with E-state index in [2.05, 4.69) is 96.7 Å². The molecule has 0 radical (unpaired) electrons. The quantitative estimate of drug-likeness (QED) is 0.0507. The number of fused-ring (bicyclic) bond motifs is 9. The Kier molecular flexibility index (Phi) is 23.5. The van der Waals surface area contributed by atoms with Gasteiger partial charge in [0.25, 0.3) is 5.69 Å². The average Bonchev–Trinajstić information content (AvgIpc) is 0.772. The monoisotopic (exact) mass is 1420 g/mol. The molecule has 9 aliphatic heterocycles. The van der Waals surface area contributed by atoms with Gasteiger partial charge in [0.2, 0.25) is 23.5 Å². The van der Waals surface area contributed by atoms with Crippen LogP contribution in [0.1, 0.15) is 85.6 Å². The van der Waals surface area contributed by atoms with Crippen molar-refractivity contribution < 1.29 is 77.0 Å². The van der Waals surface area contributed by atoms with E-state index in [1.54, 1.807) is 18.3 Å². The summed E-state index contributed by atoms with van der Waals surface area (Å²) >= 11 is 0. The minimum absolute atomic E-state index is 0.0139. The first-order chi connectivity index (χ1) is 49.6. The van der Waals surface area contributed by atoms with Gasteiger partial charge in [0.15, 0.2) is 17.5 Å². The number of nitriles is 1. The number of ether oxygens (including phenoxy) is 5. The molecule has 6 aromatic rings. The number of methoxy groups -OCH3 is 5. The minimum Gasteiger partial charge on any atom is -0.468 e. The SMILES string of the molecule is COC(=O)[C@@H]1CCN1.COC(=O)c1cnc(C)c([N+](=O)[O-])c1.COC(=O)c1cnc(N2CC[C@H]2C(=O)OC)c([N+](=O)[O-])c1.COC(=O)c1cnc2c(c1)NC(=O)[C@@H]1CCN21.N#Cc1ccc(N2CCN(Cc3cnc4c(c3)NC(=O)[C@@H]3CCN43)CC2)cc1.O=C1Nc2cc(CO)cnc2N2CC[C@@H]12. The number of hydrogen-bond acceptors (Lipinski definition) is 31. The van der Waals surface area contributed by atoms with Crippen molar-refractivity contribution in [2.45, 2.75) is 82.4 Å². The maximum atomic E-state index is 12.1. The molecule has 1 aromatic carbocycles. The number of nitro groups is 2. The molecule has 6 saturated heterocycles. The second-order valence-electron chi connectivity index (χ2n) is 24.3. The minimum atomic E-state index is -0.717. The first-order valence-electron chi connectivity index (χ1n) is 32.6. The lowest BCUT2D eigenvalue weighted by Gasteiger charge is -2.44. The van der Waals surface area contributed by atoms with Crippen LogP contribution in [0.5, 0.6) is 0 Å². The van der Waals surface area contributed by atoms with Crippen LogP contribution in [0.15, 0.2) is 85.6 Å². The van der Waals surface area contributed by atoms with Crippen LogP contribution in [-0.2, 0) is 60.8 Å². The molecule has 5 N–H and O–H groups in total. The summed E-state index contributed by atoms with van der Waals surface area (Å²) in [7, 11) is 6.34. The summed E-state index contributed by atoms with van der Waals surface area (Å²) < 4.78 is 22.6. The number of esters is 5. The van der Waals surface area contributed by atoms with Crippen molar-refractivity contribution in [1.29, 1.82) is 5.26 Å². The predicted octanol–water partition coefficient (Wildman–Crippen LogP) is 3.44. The fraction of sp³-hybridized carbons (Fsp3) is 0.403. The number of aromatic nitrogens is 5. The molecule has 0 aliphatic carbocycles. The summed E-state index contributed by atoms with van der Waals surface area (Å²) in [6.45, 7) is 10.1. The number of nitrogens with one attached hydrogen (secondary N) is 4. The number of nitrogens with zero attached hydrogens (tertiary/aromatic N) is 14. The maximum absolute atomic E-state index is 12.1. The molecule has 15 rings (SSSR count). The summed E-state index contributed by atoms with van der Waals surface area (Å²) in [6, 6.07) is 16.9. The molecule has 3 amide bonds. The largest absolute Gasteiger partial charge is 0.468 e. The van der Waals surface area contributed by atoms with E-state index in [1.165, 1.54) is 71.7 Å². The van der Waals surface area contributed by atoms with E-state index >= 15 is 0 Å². The van der Waals surface area contributed by atoms with Crippen molar-refractivity contribution in [3.05, 3.63) is 145 Å². The van der Waals surface area contributed by atoms with E-state index in [9.17, 15) is 58.6 Å². The molecular formula is C67H74N18O18. The summed E-state index contributed by atoms with van der Waals surface area (Å²) in [5.41, 5.74) is 5.95. The molecular weight excluding hydrogens is 1340 g/mol. The van der Waals surface area contributed by atoms with Gasteiger partial charge in [0, 0.05) is 108 Å². The van der Waals surface area contributed by atoms with Crippen LogP contribution in [0.4, 0.5) is 57.4 Å². The Morgan fingerprint density at radius 1 is 0.544 bits per heavy atom. The summed E-state index contributed by atoms with van der Waals surface area (Å²) in [5, 5.41) is 51.1. The fourth-order valence-corrected chi connectivity index (χ4v) is 12.0. The van der Waals surface area contributed by atoms with Crippen LogP contribution in [0.2, 0.25) is 0 Å². The van der Waals surface area contributed by atoms with Crippen molar-refractivity contribution in [3.8, 4) is 6.07 Å². The number of anilines is 8. The normalized spacial score (nSPS) is 19.3. The average molecular weight is 1420 g/mol. The van der Waals surface area contributed by atoms with Crippen LogP contribution >= 0.6 is 0 Å². The molecule has 0 bridgehead atoms. The lowest BCUT2D eigenvalue weighted by molar-refractivity contribution is -0.385. The van der Waals surface area contributed by atoms with E-state index in [4.69, 9.17) is 10.4 Å². The van der Waals surface area contributed by atoms with Gasteiger partial charge in [0.1, 0.15) is 35.9 Å². The molecule has 36 heteroatoms. The maximum Gasteiger partial charge on any atom is 0.339 e. The van der Waals surface area contributed by atoms with Gasteiger partial charge in [-0.2, -0.15) is 5.26 Å². The highest BCUT2D eigenvalue weighted by atomic mass is 16.6. The highest BCUT2D eigenvalue weighted by Gasteiger charge is 2.44. The Morgan fingerprint density at radius 3 is 1.39 bits per heavy atom. The second kappa shape index (κ2) is 32.9. The molecule has 0 spiro atoms. The van der Waals surface area contributed by atoms with Crippen molar-refractivity contribution >= 4 is 105 Å². The van der Waals surface area contributed by atoms with Crippen molar-refractivity contribution in [3.63, 3.8) is 0 Å². The van der Waals surface area contributed by atoms with Crippen LogP contribution in [0.3, 0.4) is 0 Å². The molecule has 6 fully saturated rings. The molecule has 9 aliphatic rings. The predicted molar refractivity (Wildman–Crippen MR) is 367 cm³/mol. The Morgan fingerprint density at radius 2 is 0.981 bits per heavy atom. The molecule has 103 heavy (non-hydrogen) atoms. The molecule has 0 saturated carbocycles. The number of carbonyl (C=O) groups is 8. The van der Waals surface area contributed by atoms with Gasteiger partial charge in [0.05, 0.1) is 97.4 Å². The molecule has 5 aromatic heterocycles. The Balaban J connectivity index is 0.000000138. The van der Waals surface area contributed by atoms with Crippen LogP contribution < -0.4 is 45.8 Å². The smallest absolute Gasteiger partial charge is 0.339 e. The zero-order chi connectivity index (χ0) is 73.8. The number of aliphatic hydroxyl groups excluding tert-OH is 1. The Hall–Kier alpha value is -12.1. The molecule has 36 nitrogen and oxygen atoms in total. The standard InChI is InChI=1S/C21H22N6O.C12H13N3O6.C11H11N3O3.C10H11N3O2.C8H8N2O4.C5H9NO2/c22-12-15-1-3-17(4-2-15)26-9-7-25(8-10-26)14-16-11-18-20(23-13-16)27-6-5-19(27)21(28)24-18;1-20-11(16)7-5-9(15(18)19)10(13-6-7)14-4-3-8(14)12(17)21-2;1-17-11(16)6-4-7-9(12-5-6)14-3-2-8(14)10(15)13-7;14-5-6-3-7-9(11-4-6)13-2-1-8(13)10(15)12-7;1-5-7(10(12)13)3-6(4-9-5)8(11)14-2;1-8-5(7)4-2-3-6-4/h1-4,11,13,19H,5-10,14H2,(H,24,28);5-6,8H,3-4H2,1-2H3;4-5,8H,2-3H2,1H3,(H,13,15);3-4,8,14H,1-2,5H2,(H,12,15);3-4H,1-2H3;4,6H,2-3H2,1H3/t19-;3*8-;;4-/m0000.0/s1. The third kappa shape index (κ3) is 16.5.